The van der Waals surface area contributed by atoms with E-state index < -0.39 is 11.9 Å². The summed E-state index contributed by atoms with van der Waals surface area (Å²) >= 11 is 1.11. The van der Waals surface area contributed by atoms with E-state index in [1.165, 1.54) is 19.1 Å². The minimum atomic E-state index is -1.19. The summed E-state index contributed by atoms with van der Waals surface area (Å²) in [6.07, 6.45) is 3.22. The van der Waals surface area contributed by atoms with Gasteiger partial charge in [0, 0.05) is 12.7 Å². The highest BCUT2D eigenvalue weighted by atomic mass is 32.2. The second kappa shape index (κ2) is 6.75. The van der Waals surface area contributed by atoms with Crippen LogP contribution in [-0.2, 0) is 4.79 Å². The molecule has 0 saturated heterocycles. The smallest absolute Gasteiger partial charge is 0.336 e. The third-order valence-electron chi connectivity index (χ3n) is 2.21. The van der Waals surface area contributed by atoms with Crippen LogP contribution in [-0.4, -0.2) is 33.0 Å². The quantitative estimate of drug-likeness (QED) is 0.860. The molecule has 1 rings (SSSR count). The van der Waals surface area contributed by atoms with Crippen molar-refractivity contribution in [3.05, 3.63) is 41.0 Å². The van der Waals surface area contributed by atoms with Gasteiger partial charge in [-0.1, -0.05) is 30.0 Å². The van der Waals surface area contributed by atoms with Crippen molar-refractivity contribution in [1.82, 2.24) is 0 Å². The van der Waals surface area contributed by atoms with Crippen LogP contribution in [0, 0.1) is 0 Å². The van der Waals surface area contributed by atoms with Crippen molar-refractivity contribution in [3.8, 4) is 0 Å². The van der Waals surface area contributed by atoms with Gasteiger partial charge < -0.3 is 10.2 Å². The summed E-state index contributed by atoms with van der Waals surface area (Å²) < 4.78 is 0. The van der Waals surface area contributed by atoms with E-state index in [9.17, 15) is 14.4 Å². The Kier molecular flexibility index (Phi) is 5.32. The van der Waals surface area contributed by atoms with Crippen molar-refractivity contribution in [2.24, 2.45) is 0 Å². The zero-order valence-corrected chi connectivity index (χ0v) is 10.9. The van der Waals surface area contributed by atoms with Gasteiger partial charge in [0.05, 0.1) is 11.1 Å². The molecule has 5 nitrogen and oxygen atoms in total. The van der Waals surface area contributed by atoms with Crippen molar-refractivity contribution in [1.29, 1.82) is 0 Å². The van der Waals surface area contributed by atoms with Crippen LogP contribution >= 0.6 is 11.8 Å². The molecule has 1 aromatic carbocycles. The van der Waals surface area contributed by atoms with Gasteiger partial charge in [-0.15, -0.1) is 0 Å². The van der Waals surface area contributed by atoms with Gasteiger partial charge in [0.15, 0.2) is 5.12 Å². The Bertz CT molecular complexity index is 548. The molecule has 6 heteroatoms. The van der Waals surface area contributed by atoms with Crippen molar-refractivity contribution in [3.63, 3.8) is 0 Å². The summed E-state index contributed by atoms with van der Waals surface area (Å²) in [5, 5.41) is 17.8. The van der Waals surface area contributed by atoms with Crippen LogP contribution in [0.4, 0.5) is 0 Å². The summed E-state index contributed by atoms with van der Waals surface area (Å²) in [6.45, 7) is 1.45. The molecule has 2 N–H and O–H groups in total. The van der Waals surface area contributed by atoms with Gasteiger partial charge in [-0.2, -0.15) is 0 Å². The highest BCUT2D eigenvalue weighted by Crippen LogP contribution is 2.15. The predicted octanol–water partition coefficient (Wildman–Crippen LogP) is 2.38. The Morgan fingerprint density at radius 3 is 2.42 bits per heavy atom. The second-order valence-electron chi connectivity index (χ2n) is 3.62. The Balaban J connectivity index is 2.97. The molecular weight excluding hydrogens is 268 g/mol. The number of carboxylic acids is 2. The maximum Gasteiger partial charge on any atom is 0.336 e. The molecule has 0 radical (unpaired) electrons. The van der Waals surface area contributed by atoms with Gasteiger partial charge >= 0.3 is 11.9 Å². The van der Waals surface area contributed by atoms with E-state index in [4.69, 9.17) is 10.2 Å². The van der Waals surface area contributed by atoms with Crippen LogP contribution in [0.25, 0.3) is 6.08 Å². The summed E-state index contributed by atoms with van der Waals surface area (Å²) in [5.41, 5.74) is 0.248. The van der Waals surface area contributed by atoms with Gasteiger partial charge in [0.25, 0.3) is 0 Å². The van der Waals surface area contributed by atoms with Crippen molar-refractivity contribution in [2.45, 2.75) is 6.92 Å². The summed E-state index contributed by atoms with van der Waals surface area (Å²) in [7, 11) is 0. The molecule has 19 heavy (non-hydrogen) atoms. The van der Waals surface area contributed by atoms with E-state index in [2.05, 4.69) is 0 Å². The third-order valence-corrected chi connectivity index (χ3v) is 2.98. The van der Waals surface area contributed by atoms with Crippen LogP contribution in [0.5, 0.6) is 0 Å². The van der Waals surface area contributed by atoms with Crippen LogP contribution < -0.4 is 0 Å². The number of carbonyl (C=O) groups excluding carboxylic acids is 1. The number of rotatable bonds is 5. The molecule has 0 bridgehead atoms. The van der Waals surface area contributed by atoms with Gasteiger partial charge in [-0.25, -0.2) is 9.59 Å². The standard InChI is InChI=1S/C13H12O5S/c1-8(14)19-6-2-3-9-4-5-10(12(15)16)7-11(9)13(17)18/h2-5,7H,6H2,1H3,(H,15,16)(H,17,18). The lowest BCUT2D eigenvalue weighted by Gasteiger charge is -2.03. The highest BCUT2D eigenvalue weighted by molar-refractivity contribution is 8.13. The number of benzene rings is 1. The van der Waals surface area contributed by atoms with Gasteiger partial charge in [-0.05, 0) is 17.7 Å². The number of hydrogen-bond acceptors (Lipinski definition) is 4. The number of thioether (sulfide) groups is 1. The maximum absolute atomic E-state index is 11.1. The largest absolute Gasteiger partial charge is 0.478 e. The molecule has 0 saturated carbocycles. The maximum atomic E-state index is 11.1. The van der Waals surface area contributed by atoms with E-state index >= 15 is 0 Å². The lowest BCUT2D eigenvalue weighted by atomic mass is 10.0. The predicted molar refractivity (Wildman–Crippen MR) is 72.5 cm³/mol. The third kappa shape index (κ3) is 4.59. The average molecular weight is 280 g/mol. The molecule has 1 aromatic rings. The van der Waals surface area contributed by atoms with Crippen molar-refractivity contribution >= 4 is 34.9 Å². The SMILES string of the molecule is CC(=O)SCC=Cc1ccc(C(=O)O)cc1C(=O)O. The van der Waals surface area contributed by atoms with E-state index in [-0.39, 0.29) is 16.2 Å². The van der Waals surface area contributed by atoms with Gasteiger partial charge in [-0.3, -0.25) is 4.79 Å². The molecule has 0 fully saturated rings. The molecule has 0 spiro atoms. The number of carbonyl (C=O) groups is 3. The molecular formula is C13H12O5S. The topological polar surface area (TPSA) is 91.7 Å². The van der Waals surface area contributed by atoms with Gasteiger partial charge in [0.1, 0.15) is 0 Å². The lowest BCUT2D eigenvalue weighted by molar-refractivity contribution is -0.109. The zero-order valence-electron chi connectivity index (χ0n) is 10.1. The van der Waals surface area contributed by atoms with Gasteiger partial charge in [0.2, 0.25) is 0 Å². The Morgan fingerprint density at radius 1 is 1.21 bits per heavy atom. The molecule has 0 aliphatic heterocycles. The second-order valence-corrected chi connectivity index (χ2v) is 4.81. The Labute approximate surface area is 113 Å². The molecule has 0 aliphatic carbocycles. The molecule has 0 atom stereocenters. The van der Waals surface area contributed by atoms with E-state index in [1.54, 1.807) is 12.2 Å². The fraction of sp³-hybridized carbons (Fsp3) is 0.154. The van der Waals surface area contributed by atoms with Crippen LogP contribution in [0.15, 0.2) is 24.3 Å². The Morgan fingerprint density at radius 2 is 1.89 bits per heavy atom. The normalized spacial score (nSPS) is 10.6. The summed E-state index contributed by atoms with van der Waals surface area (Å²) in [4.78, 5) is 32.5. The molecule has 0 amide bonds. The minimum absolute atomic E-state index is 0.0238. The first kappa shape index (κ1) is 15.0. The highest BCUT2D eigenvalue weighted by Gasteiger charge is 2.12. The zero-order chi connectivity index (χ0) is 14.4. The first-order valence-corrected chi connectivity index (χ1v) is 6.31. The minimum Gasteiger partial charge on any atom is -0.478 e. The van der Waals surface area contributed by atoms with Crippen LogP contribution in [0.3, 0.4) is 0 Å². The molecule has 100 valence electrons. The Hall–Kier alpha value is -2.08. The number of hydrogen-bond donors (Lipinski definition) is 2. The molecule has 0 aromatic heterocycles. The number of carboxylic acid groups (broad SMARTS) is 2. The lowest BCUT2D eigenvalue weighted by Crippen LogP contribution is -2.04. The van der Waals surface area contributed by atoms with Crippen LogP contribution in [0.2, 0.25) is 0 Å². The van der Waals surface area contributed by atoms with Crippen molar-refractivity contribution in [2.75, 3.05) is 5.75 Å². The van der Waals surface area contributed by atoms with Crippen molar-refractivity contribution < 1.29 is 24.6 Å². The fourth-order valence-electron chi connectivity index (χ4n) is 1.36. The van der Waals surface area contributed by atoms with E-state index in [1.807, 2.05) is 0 Å². The monoisotopic (exact) mass is 280 g/mol. The van der Waals surface area contributed by atoms with E-state index in [0.717, 1.165) is 17.8 Å². The summed E-state index contributed by atoms with van der Waals surface area (Å²) in [5.74, 6) is -1.93. The first-order valence-electron chi connectivity index (χ1n) is 5.32. The average Bonchev–Trinajstić information content (AvgIpc) is 2.34. The summed E-state index contributed by atoms with van der Waals surface area (Å²) in [6, 6.07) is 3.89. The molecule has 0 unspecified atom stereocenters. The number of aromatic carboxylic acids is 2. The fourth-order valence-corrected chi connectivity index (χ4v) is 1.79. The first-order chi connectivity index (χ1) is 8.91. The van der Waals surface area contributed by atoms with Crippen LogP contribution in [0.1, 0.15) is 33.2 Å². The van der Waals surface area contributed by atoms with E-state index in [0.29, 0.717) is 11.3 Å². The molecule has 0 heterocycles. The molecule has 0 aliphatic rings.